The standard InChI is InChI=1S/C16H20N2O5S/c1-10(19)18-6-2-3-11-9-14(4-5-15(11)18)24(22,23)17-13-7-12(8-13)16(20)21/h4-5,9,12-13,17H,2-3,6-8H2,1H3,(H,20,21). The van der Waals surface area contributed by atoms with Gasteiger partial charge in [-0.15, -0.1) is 0 Å². The van der Waals surface area contributed by atoms with Crippen molar-refractivity contribution in [2.24, 2.45) is 5.92 Å². The van der Waals surface area contributed by atoms with Gasteiger partial charge >= 0.3 is 5.97 Å². The van der Waals surface area contributed by atoms with Crippen molar-refractivity contribution in [3.05, 3.63) is 23.8 Å². The molecule has 1 aliphatic heterocycles. The summed E-state index contributed by atoms with van der Waals surface area (Å²) in [6.45, 7) is 2.14. The predicted molar refractivity (Wildman–Crippen MR) is 87.3 cm³/mol. The van der Waals surface area contributed by atoms with Crippen LogP contribution in [0.25, 0.3) is 0 Å². The van der Waals surface area contributed by atoms with Crippen LogP contribution < -0.4 is 9.62 Å². The lowest BCUT2D eigenvalue weighted by atomic mass is 9.81. The zero-order valence-corrected chi connectivity index (χ0v) is 14.2. The van der Waals surface area contributed by atoms with Crippen LogP contribution in [0.3, 0.4) is 0 Å². The van der Waals surface area contributed by atoms with E-state index in [1.165, 1.54) is 13.0 Å². The van der Waals surface area contributed by atoms with Crippen LogP contribution in [0.1, 0.15) is 31.7 Å². The van der Waals surface area contributed by atoms with Gasteiger partial charge < -0.3 is 10.0 Å². The molecular weight excluding hydrogens is 332 g/mol. The molecule has 0 radical (unpaired) electrons. The number of anilines is 1. The lowest BCUT2D eigenvalue weighted by Gasteiger charge is -2.33. The molecule has 1 amide bonds. The predicted octanol–water partition coefficient (Wildman–Crippen LogP) is 1.13. The molecule has 3 rings (SSSR count). The maximum atomic E-state index is 12.5. The summed E-state index contributed by atoms with van der Waals surface area (Å²) in [5.41, 5.74) is 1.61. The molecule has 1 aromatic rings. The number of benzene rings is 1. The number of nitrogens with one attached hydrogen (secondary N) is 1. The minimum atomic E-state index is -3.69. The first-order valence-corrected chi connectivity index (χ1v) is 9.42. The Morgan fingerprint density at radius 1 is 1.29 bits per heavy atom. The van der Waals surface area contributed by atoms with E-state index in [1.807, 2.05) is 0 Å². The van der Waals surface area contributed by atoms with E-state index in [0.717, 1.165) is 24.1 Å². The maximum Gasteiger partial charge on any atom is 0.306 e. The van der Waals surface area contributed by atoms with E-state index in [4.69, 9.17) is 5.11 Å². The van der Waals surface area contributed by atoms with Crippen LogP contribution in [-0.2, 0) is 26.0 Å². The number of fused-ring (bicyclic) bond motifs is 1. The van der Waals surface area contributed by atoms with Gasteiger partial charge in [-0.1, -0.05) is 0 Å². The van der Waals surface area contributed by atoms with Crippen molar-refractivity contribution in [3.63, 3.8) is 0 Å². The highest BCUT2D eigenvalue weighted by Gasteiger charge is 2.37. The number of hydrogen-bond acceptors (Lipinski definition) is 4. The van der Waals surface area contributed by atoms with E-state index in [1.54, 1.807) is 17.0 Å². The molecule has 2 N–H and O–H groups in total. The molecule has 0 bridgehead atoms. The van der Waals surface area contributed by atoms with E-state index < -0.39 is 21.9 Å². The zero-order valence-electron chi connectivity index (χ0n) is 13.4. The highest BCUT2D eigenvalue weighted by molar-refractivity contribution is 7.89. The molecule has 1 fully saturated rings. The summed E-state index contributed by atoms with van der Waals surface area (Å²) in [4.78, 5) is 24.3. The van der Waals surface area contributed by atoms with Gasteiger partial charge in [0, 0.05) is 25.2 Å². The molecule has 1 aliphatic carbocycles. The second kappa shape index (κ2) is 6.18. The molecule has 8 heteroatoms. The van der Waals surface area contributed by atoms with Gasteiger partial charge in [-0.2, -0.15) is 0 Å². The Hall–Kier alpha value is -1.93. The molecule has 130 valence electrons. The Bertz CT molecular complexity index is 784. The SMILES string of the molecule is CC(=O)N1CCCc2cc(S(=O)(=O)NC3CC(C(=O)O)C3)ccc21. The van der Waals surface area contributed by atoms with Crippen molar-refractivity contribution in [2.45, 2.75) is 43.5 Å². The highest BCUT2D eigenvalue weighted by atomic mass is 32.2. The van der Waals surface area contributed by atoms with Gasteiger partial charge in [0.2, 0.25) is 15.9 Å². The van der Waals surface area contributed by atoms with Gasteiger partial charge in [0.25, 0.3) is 0 Å². The number of carboxylic acid groups (broad SMARTS) is 1. The number of sulfonamides is 1. The van der Waals surface area contributed by atoms with E-state index in [-0.39, 0.29) is 16.8 Å². The molecule has 0 unspecified atom stereocenters. The summed E-state index contributed by atoms with van der Waals surface area (Å²) < 4.78 is 27.5. The smallest absolute Gasteiger partial charge is 0.306 e. The first kappa shape index (κ1) is 16.9. The van der Waals surface area contributed by atoms with Gasteiger partial charge in [0.1, 0.15) is 0 Å². The largest absolute Gasteiger partial charge is 0.481 e. The summed E-state index contributed by atoms with van der Waals surface area (Å²) in [7, 11) is -3.69. The molecule has 0 spiro atoms. The van der Waals surface area contributed by atoms with E-state index >= 15 is 0 Å². The third-order valence-corrected chi connectivity index (χ3v) is 6.19. The molecule has 1 saturated carbocycles. The summed E-state index contributed by atoms with van der Waals surface area (Å²) in [6.07, 6.45) is 2.16. The molecule has 24 heavy (non-hydrogen) atoms. The van der Waals surface area contributed by atoms with Crippen LogP contribution in [-0.4, -0.2) is 38.0 Å². The molecule has 1 aromatic carbocycles. The van der Waals surface area contributed by atoms with Crippen molar-refractivity contribution >= 4 is 27.6 Å². The average molecular weight is 352 g/mol. The molecule has 2 aliphatic rings. The number of rotatable bonds is 4. The van der Waals surface area contributed by atoms with Gasteiger partial charge in [-0.3, -0.25) is 9.59 Å². The number of hydrogen-bond donors (Lipinski definition) is 2. The fourth-order valence-corrected chi connectivity index (χ4v) is 4.58. The Balaban J connectivity index is 1.77. The number of amides is 1. The minimum Gasteiger partial charge on any atom is -0.481 e. The normalized spacial score (nSPS) is 23.3. The number of nitrogens with zero attached hydrogens (tertiary/aromatic N) is 1. The summed E-state index contributed by atoms with van der Waals surface area (Å²) in [6, 6.07) is 4.45. The number of carbonyl (C=O) groups is 2. The lowest BCUT2D eigenvalue weighted by molar-refractivity contribution is -0.145. The van der Waals surface area contributed by atoms with Gasteiger partial charge in [0.05, 0.1) is 10.8 Å². The summed E-state index contributed by atoms with van der Waals surface area (Å²) in [5, 5.41) is 8.86. The van der Waals surface area contributed by atoms with Crippen LogP contribution in [0.5, 0.6) is 0 Å². The first-order chi connectivity index (χ1) is 11.3. The summed E-state index contributed by atoms with van der Waals surface area (Å²) >= 11 is 0. The quantitative estimate of drug-likeness (QED) is 0.845. The van der Waals surface area contributed by atoms with Crippen molar-refractivity contribution in [3.8, 4) is 0 Å². The molecule has 0 aromatic heterocycles. The van der Waals surface area contributed by atoms with Crippen molar-refractivity contribution in [1.29, 1.82) is 0 Å². The fourth-order valence-electron chi connectivity index (χ4n) is 3.27. The van der Waals surface area contributed by atoms with E-state index in [9.17, 15) is 18.0 Å². The third kappa shape index (κ3) is 3.16. The molecule has 7 nitrogen and oxygen atoms in total. The molecular formula is C16H20N2O5S. The topological polar surface area (TPSA) is 104 Å². The second-order valence-electron chi connectivity index (χ2n) is 6.39. The number of aliphatic carboxylic acids is 1. The van der Waals surface area contributed by atoms with Crippen LogP contribution in [0.15, 0.2) is 23.1 Å². The highest BCUT2D eigenvalue weighted by Crippen LogP contribution is 2.31. The number of carbonyl (C=O) groups excluding carboxylic acids is 1. The van der Waals surface area contributed by atoms with Gasteiger partial charge in [-0.05, 0) is 49.4 Å². The zero-order chi connectivity index (χ0) is 17.5. The van der Waals surface area contributed by atoms with Crippen molar-refractivity contribution < 1.29 is 23.1 Å². The van der Waals surface area contributed by atoms with E-state index in [2.05, 4.69) is 4.72 Å². The lowest BCUT2D eigenvalue weighted by Crippen LogP contribution is -2.46. The van der Waals surface area contributed by atoms with Crippen LogP contribution in [0.2, 0.25) is 0 Å². The fraction of sp³-hybridized carbons (Fsp3) is 0.500. The summed E-state index contributed by atoms with van der Waals surface area (Å²) in [5.74, 6) is -1.41. The Morgan fingerprint density at radius 2 is 2.00 bits per heavy atom. The maximum absolute atomic E-state index is 12.5. The number of aryl methyl sites for hydroxylation is 1. The third-order valence-electron chi connectivity index (χ3n) is 4.67. The average Bonchev–Trinajstić information content (AvgIpc) is 2.48. The second-order valence-corrected chi connectivity index (χ2v) is 8.10. The molecule has 0 saturated heterocycles. The molecule has 0 atom stereocenters. The monoisotopic (exact) mass is 352 g/mol. The van der Waals surface area contributed by atoms with Gasteiger partial charge in [0.15, 0.2) is 0 Å². The van der Waals surface area contributed by atoms with Crippen LogP contribution in [0, 0.1) is 5.92 Å². The van der Waals surface area contributed by atoms with E-state index in [0.29, 0.717) is 19.4 Å². The van der Waals surface area contributed by atoms with Crippen molar-refractivity contribution in [1.82, 2.24) is 4.72 Å². The van der Waals surface area contributed by atoms with Crippen molar-refractivity contribution in [2.75, 3.05) is 11.4 Å². The van der Waals surface area contributed by atoms with Crippen LogP contribution >= 0.6 is 0 Å². The van der Waals surface area contributed by atoms with Crippen LogP contribution in [0.4, 0.5) is 5.69 Å². The Labute approximate surface area is 140 Å². The molecule has 1 heterocycles. The number of carboxylic acids is 1. The minimum absolute atomic E-state index is 0.0566. The first-order valence-electron chi connectivity index (χ1n) is 7.94. The Morgan fingerprint density at radius 3 is 2.62 bits per heavy atom. The Kier molecular flexibility index (Phi) is 4.35. The van der Waals surface area contributed by atoms with Gasteiger partial charge in [-0.25, -0.2) is 13.1 Å².